The van der Waals surface area contributed by atoms with Gasteiger partial charge in [-0.25, -0.2) is 8.42 Å². The monoisotopic (exact) mass is 308 g/mol. The Kier molecular flexibility index (Phi) is 3.84. The van der Waals surface area contributed by atoms with E-state index in [1.165, 1.54) is 6.42 Å². The molecule has 0 radical (unpaired) electrons. The minimum atomic E-state index is -3.34. The van der Waals surface area contributed by atoms with Crippen LogP contribution in [-0.4, -0.2) is 50.8 Å². The molecule has 5 heteroatoms. The molecule has 4 nitrogen and oxygen atoms in total. The van der Waals surface area contributed by atoms with Gasteiger partial charge in [0.2, 0.25) is 10.0 Å². The van der Waals surface area contributed by atoms with E-state index in [4.69, 9.17) is 0 Å². The topological polar surface area (TPSA) is 40.6 Å². The normalized spacial score (nSPS) is 28.3. The summed E-state index contributed by atoms with van der Waals surface area (Å²) in [6, 6.07) is 7.23. The molecule has 1 spiro atoms. The highest BCUT2D eigenvalue weighted by Gasteiger charge is 2.44. The molecule has 0 aromatic heterocycles. The molecule has 0 N–H and O–H groups in total. The molecule has 0 unspecified atom stereocenters. The lowest BCUT2D eigenvalue weighted by atomic mass is 9.79. The summed E-state index contributed by atoms with van der Waals surface area (Å²) in [5.74, 6) is 0. The number of hydrogen-bond acceptors (Lipinski definition) is 3. The first-order valence-corrected chi connectivity index (χ1v) is 9.11. The fraction of sp³-hybridized carbons (Fsp3) is 0.625. The predicted octanol–water partition coefficient (Wildman–Crippen LogP) is 2.10. The van der Waals surface area contributed by atoms with E-state index >= 15 is 0 Å². The first-order valence-electron chi connectivity index (χ1n) is 7.67. The molecule has 2 fully saturated rings. The summed E-state index contributed by atoms with van der Waals surface area (Å²) < 4.78 is 27.3. The van der Waals surface area contributed by atoms with Gasteiger partial charge in [-0.2, -0.15) is 4.31 Å². The zero-order valence-electron chi connectivity index (χ0n) is 12.9. The second-order valence-corrected chi connectivity index (χ2v) is 8.68. The highest BCUT2D eigenvalue weighted by atomic mass is 32.2. The zero-order valence-corrected chi connectivity index (χ0v) is 13.7. The molecule has 2 aliphatic rings. The molecule has 3 rings (SSSR count). The maximum atomic E-state index is 12.8. The van der Waals surface area contributed by atoms with Gasteiger partial charge in [-0.1, -0.05) is 12.1 Å². The Morgan fingerprint density at radius 3 is 2.67 bits per heavy atom. The SMILES string of the molecule is Cc1cccc(S(=O)(=O)N2CC[C@@]3(CCCN(C)C3)C2)c1. The molecule has 1 aromatic carbocycles. The van der Waals surface area contributed by atoms with E-state index in [1.54, 1.807) is 16.4 Å². The van der Waals surface area contributed by atoms with Gasteiger partial charge in [0.15, 0.2) is 0 Å². The molecular formula is C16H24N2O2S. The van der Waals surface area contributed by atoms with E-state index in [0.29, 0.717) is 18.0 Å². The van der Waals surface area contributed by atoms with Gasteiger partial charge in [0, 0.05) is 19.6 Å². The summed E-state index contributed by atoms with van der Waals surface area (Å²) in [6.45, 7) is 5.41. The lowest BCUT2D eigenvalue weighted by Gasteiger charge is -2.38. The lowest BCUT2D eigenvalue weighted by molar-refractivity contribution is 0.121. The lowest BCUT2D eigenvalue weighted by Crippen LogP contribution is -2.43. The molecule has 2 saturated heterocycles. The van der Waals surface area contributed by atoms with E-state index < -0.39 is 10.0 Å². The van der Waals surface area contributed by atoms with Crippen molar-refractivity contribution >= 4 is 10.0 Å². The highest BCUT2D eigenvalue weighted by molar-refractivity contribution is 7.89. The van der Waals surface area contributed by atoms with Crippen molar-refractivity contribution in [3.63, 3.8) is 0 Å². The van der Waals surface area contributed by atoms with Gasteiger partial charge in [0.1, 0.15) is 0 Å². The maximum absolute atomic E-state index is 12.8. The van der Waals surface area contributed by atoms with Crippen molar-refractivity contribution in [2.45, 2.75) is 31.1 Å². The minimum absolute atomic E-state index is 0.171. The number of likely N-dealkylation sites (tertiary alicyclic amines) is 1. The zero-order chi connectivity index (χ0) is 15.1. The predicted molar refractivity (Wildman–Crippen MR) is 83.7 cm³/mol. The van der Waals surface area contributed by atoms with Crippen LogP contribution in [0.4, 0.5) is 0 Å². The molecular weight excluding hydrogens is 284 g/mol. The fourth-order valence-corrected chi connectivity index (χ4v) is 5.47. The Bertz CT molecular complexity index is 629. The van der Waals surface area contributed by atoms with E-state index in [-0.39, 0.29) is 5.41 Å². The summed E-state index contributed by atoms with van der Waals surface area (Å²) >= 11 is 0. The van der Waals surface area contributed by atoms with Gasteiger partial charge in [-0.3, -0.25) is 0 Å². The van der Waals surface area contributed by atoms with Crippen molar-refractivity contribution in [3.8, 4) is 0 Å². The maximum Gasteiger partial charge on any atom is 0.243 e. The average molecular weight is 308 g/mol. The Labute approximate surface area is 127 Å². The van der Waals surface area contributed by atoms with Crippen molar-refractivity contribution in [2.75, 3.05) is 33.2 Å². The quantitative estimate of drug-likeness (QED) is 0.840. The molecule has 0 saturated carbocycles. The Balaban J connectivity index is 1.82. The third-order valence-corrected chi connectivity index (χ3v) is 6.72. The van der Waals surface area contributed by atoms with Crippen molar-refractivity contribution in [2.24, 2.45) is 5.41 Å². The molecule has 21 heavy (non-hydrogen) atoms. The Morgan fingerprint density at radius 1 is 1.14 bits per heavy atom. The number of benzene rings is 1. The molecule has 116 valence electrons. The van der Waals surface area contributed by atoms with Crippen LogP contribution in [0.15, 0.2) is 29.2 Å². The van der Waals surface area contributed by atoms with Crippen LogP contribution in [0.25, 0.3) is 0 Å². The molecule has 0 amide bonds. The minimum Gasteiger partial charge on any atom is -0.306 e. The smallest absolute Gasteiger partial charge is 0.243 e. The first-order chi connectivity index (χ1) is 9.91. The summed E-state index contributed by atoms with van der Waals surface area (Å²) in [4.78, 5) is 2.77. The molecule has 0 aliphatic carbocycles. The second kappa shape index (κ2) is 5.38. The molecule has 0 bridgehead atoms. The number of sulfonamides is 1. The standard InChI is InChI=1S/C16H24N2O2S/c1-14-5-3-6-15(11-14)21(19,20)18-10-8-16(13-18)7-4-9-17(2)12-16/h3,5-6,11H,4,7-10,12-13H2,1-2H3/t16-/m1/s1. The van der Waals surface area contributed by atoms with Crippen LogP contribution in [0.3, 0.4) is 0 Å². The number of nitrogens with zero attached hydrogens (tertiary/aromatic N) is 2. The van der Waals surface area contributed by atoms with Crippen LogP contribution in [0.2, 0.25) is 0 Å². The highest BCUT2D eigenvalue weighted by Crippen LogP contribution is 2.40. The van der Waals surface area contributed by atoms with Crippen molar-refractivity contribution in [1.82, 2.24) is 9.21 Å². The van der Waals surface area contributed by atoms with Crippen LogP contribution in [-0.2, 0) is 10.0 Å². The van der Waals surface area contributed by atoms with Crippen LogP contribution in [0, 0.1) is 12.3 Å². The summed E-state index contributed by atoms with van der Waals surface area (Å²) in [6.07, 6.45) is 3.31. The summed E-state index contributed by atoms with van der Waals surface area (Å²) in [5, 5.41) is 0. The van der Waals surface area contributed by atoms with Crippen molar-refractivity contribution in [1.29, 1.82) is 0 Å². The van der Waals surface area contributed by atoms with Gasteiger partial charge in [-0.15, -0.1) is 0 Å². The third-order valence-electron chi connectivity index (χ3n) is 4.88. The fourth-order valence-electron chi connectivity index (χ4n) is 3.81. The molecule has 1 aromatic rings. The number of rotatable bonds is 2. The van der Waals surface area contributed by atoms with Crippen LogP contribution in [0.1, 0.15) is 24.8 Å². The summed E-state index contributed by atoms with van der Waals surface area (Å²) in [7, 11) is -1.20. The van der Waals surface area contributed by atoms with E-state index in [9.17, 15) is 8.42 Å². The Morgan fingerprint density at radius 2 is 1.95 bits per heavy atom. The van der Waals surface area contributed by atoms with E-state index in [0.717, 1.165) is 31.5 Å². The summed E-state index contributed by atoms with van der Waals surface area (Å²) in [5.41, 5.74) is 1.16. The first kappa shape index (κ1) is 15.0. The van der Waals surface area contributed by atoms with Gasteiger partial charge < -0.3 is 4.90 Å². The van der Waals surface area contributed by atoms with E-state index in [1.807, 2.05) is 19.1 Å². The molecule has 2 aliphatic heterocycles. The molecule has 2 heterocycles. The molecule has 1 atom stereocenters. The van der Waals surface area contributed by atoms with Gasteiger partial charge >= 0.3 is 0 Å². The van der Waals surface area contributed by atoms with Gasteiger partial charge in [0.05, 0.1) is 4.90 Å². The van der Waals surface area contributed by atoms with Crippen LogP contribution < -0.4 is 0 Å². The van der Waals surface area contributed by atoms with Crippen molar-refractivity contribution in [3.05, 3.63) is 29.8 Å². The third kappa shape index (κ3) is 2.87. The number of hydrogen-bond donors (Lipinski definition) is 0. The van der Waals surface area contributed by atoms with Gasteiger partial charge in [0.25, 0.3) is 0 Å². The van der Waals surface area contributed by atoms with E-state index in [2.05, 4.69) is 11.9 Å². The van der Waals surface area contributed by atoms with Crippen LogP contribution in [0.5, 0.6) is 0 Å². The number of piperidine rings is 1. The largest absolute Gasteiger partial charge is 0.306 e. The van der Waals surface area contributed by atoms with Crippen molar-refractivity contribution < 1.29 is 8.42 Å². The number of aryl methyl sites for hydroxylation is 1. The average Bonchev–Trinajstić information content (AvgIpc) is 2.83. The Hall–Kier alpha value is -0.910. The van der Waals surface area contributed by atoms with Crippen LogP contribution >= 0.6 is 0 Å². The van der Waals surface area contributed by atoms with Gasteiger partial charge in [-0.05, 0) is 62.9 Å². The second-order valence-electron chi connectivity index (χ2n) is 6.75.